The maximum Gasteiger partial charge on any atom is 0.374 e. The Morgan fingerprint density at radius 1 is 1.44 bits per heavy atom. The van der Waals surface area contributed by atoms with E-state index in [2.05, 4.69) is 5.16 Å². The van der Waals surface area contributed by atoms with E-state index in [9.17, 15) is 4.79 Å². The van der Waals surface area contributed by atoms with Gasteiger partial charge in [-0.2, -0.15) is 0 Å². The van der Waals surface area contributed by atoms with Crippen molar-refractivity contribution in [3.05, 3.63) is 35.6 Å². The Morgan fingerprint density at radius 3 is 2.78 bits per heavy atom. The van der Waals surface area contributed by atoms with Crippen molar-refractivity contribution in [2.24, 2.45) is 0 Å². The number of methoxy groups -OCH3 is 1. The summed E-state index contributed by atoms with van der Waals surface area (Å²) in [6, 6.07) is 7.10. The smallest absolute Gasteiger partial charge is 0.374 e. The van der Waals surface area contributed by atoms with Crippen molar-refractivity contribution < 1.29 is 19.2 Å². The maximum absolute atomic E-state index is 10.8. The van der Waals surface area contributed by atoms with Crippen LogP contribution in [0.4, 0.5) is 0 Å². The Bertz CT molecular complexity index is 574. The van der Waals surface area contributed by atoms with Crippen molar-refractivity contribution in [1.29, 1.82) is 0 Å². The van der Waals surface area contributed by atoms with Gasteiger partial charge in [-0.25, -0.2) is 4.79 Å². The second kappa shape index (κ2) is 4.91. The van der Waals surface area contributed by atoms with Crippen LogP contribution >= 0.6 is 0 Å². The third-order valence-electron chi connectivity index (χ3n) is 2.67. The lowest BCUT2D eigenvalue weighted by atomic mass is 10.1. The lowest BCUT2D eigenvalue weighted by molar-refractivity contribution is 0.0652. The molecule has 2 rings (SSSR count). The molecule has 1 N–H and O–H groups in total. The molecule has 0 aliphatic carbocycles. The van der Waals surface area contributed by atoms with E-state index in [1.807, 2.05) is 25.1 Å². The average molecular weight is 247 g/mol. The summed E-state index contributed by atoms with van der Waals surface area (Å²) < 4.78 is 9.99. The fraction of sp³-hybridized carbons (Fsp3) is 0.231. The first kappa shape index (κ1) is 12.2. The standard InChI is InChI=1S/C13H13NO4/c1-3-8-4-5-11(17-2)9(6-8)10-7-12(13(15)16)18-14-10/h4-7H,3H2,1-2H3,(H,15,16). The van der Waals surface area contributed by atoms with E-state index in [1.165, 1.54) is 6.07 Å². The number of aryl methyl sites for hydroxylation is 1. The predicted octanol–water partition coefficient (Wildman–Crippen LogP) is 2.61. The van der Waals surface area contributed by atoms with Gasteiger partial charge in [0.25, 0.3) is 0 Å². The Hall–Kier alpha value is -2.30. The predicted molar refractivity (Wildman–Crippen MR) is 64.8 cm³/mol. The van der Waals surface area contributed by atoms with Gasteiger partial charge < -0.3 is 14.4 Å². The van der Waals surface area contributed by atoms with Gasteiger partial charge in [-0.05, 0) is 24.1 Å². The van der Waals surface area contributed by atoms with Crippen LogP contribution < -0.4 is 4.74 Å². The molecule has 18 heavy (non-hydrogen) atoms. The third-order valence-corrected chi connectivity index (χ3v) is 2.67. The maximum atomic E-state index is 10.8. The first-order valence-electron chi connectivity index (χ1n) is 5.53. The second-order valence-electron chi connectivity index (χ2n) is 3.77. The molecular formula is C13H13NO4. The second-order valence-corrected chi connectivity index (χ2v) is 3.77. The molecule has 1 aromatic heterocycles. The molecule has 0 fully saturated rings. The normalized spacial score (nSPS) is 10.3. The number of ether oxygens (including phenoxy) is 1. The highest BCUT2D eigenvalue weighted by molar-refractivity contribution is 5.86. The minimum Gasteiger partial charge on any atom is -0.496 e. The molecule has 0 spiro atoms. The van der Waals surface area contributed by atoms with Gasteiger partial charge >= 0.3 is 5.97 Å². The first-order valence-corrected chi connectivity index (χ1v) is 5.53. The van der Waals surface area contributed by atoms with Gasteiger partial charge in [0.15, 0.2) is 0 Å². The molecule has 2 aromatic rings. The molecule has 0 atom stereocenters. The number of carboxylic acids is 1. The minimum absolute atomic E-state index is 0.186. The van der Waals surface area contributed by atoms with E-state index in [0.29, 0.717) is 11.4 Å². The largest absolute Gasteiger partial charge is 0.496 e. The molecule has 0 saturated heterocycles. The molecule has 1 heterocycles. The number of carbonyl (C=O) groups is 1. The fourth-order valence-electron chi connectivity index (χ4n) is 1.68. The monoisotopic (exact) mass is 247 g/mol. The highest BCUT2D eigenvalue weighted by Gasteiger charge is 2.15. The number of aromatic nitrogens is 1. The van der Waals surface area contributed by atoms with E-state index in [0.717, 1.165) is 17.5 Å². The summed E-state index contributed by atoms with van der Waals surface area (Å²) in [6.45, 7) is 2.04. The summed E-state index contributed by atoms with van der Waals surface area (Å²) in [6.07, 6.45) is 0.876. The molecule has 0 amide bonds. The van der Waals surface area contributed by atoms with E-state index < -0.39 is 5.97 Å². The van der Waals surface area contributed by atoms with Gasteiger partial charge in [-0.1, -0.05) is 18.1 Å². The Labute approximate surface area is 104 Å². The van der Waals surface area contributed by atoms with Crippen LogP contribution in [0.1, 0.15) is 23.0 Å². The summed E-state index contributed by atoms with van der Waals surface area (Å²) in [5, 5.41) is 12.6. The molecule has 94 valence electrons. The molecule has 5 nitrogen and oxygen atoms in total. The summed E-state index contributed by atoms with van der Waals surface area (Å²) in [5.74, 6) is -0.689. The number of hydrogen-bond acceptors (Lipinski definition) is 4. The minimum atomic E-state index is -1.14. The van der Waals surface area contributed by atoms with Crippen molar-refractivity contribution in [2.75, 3.05) is 7.11 Å². The SMILES string of the molecule is CCc1ccc(OC)c(-c2cc(C(=O)O)on2)c1. The quantitative estimate of drug-likeness (QED) is 0.899. The molecular weight excluding hydrogens is 234 g/mol. The summed E-state index contributed by atoms with van der Waals surface area (Å²) in [7, 11) is 1.56. The van der Waals surface area contributed by atoms with Crippen molar-refractivity contribution in [2.45, 2.75) is 13.3 Å². The number of hydrogen-bond donors (Lipinski definition) is 1. The molecule has 0 aliphatic rings. The molecule has 1 aromatic carbocycles. The molecule has 0 unspecified atom stereocenters. The first-order chi connectivity index (χ1) is 8.65. The zero-order valence-electron chi connectivity index (χ0n) is 10.1. The molecule has 0 aliphatic heterocycles. The summed E-state index contributed by atoms with van der Waals surface area (Å²) in [4.78, 5) is 10.8. The van der Waals surface area contributed by atoms with Crippen LogP contribution in [-0.4, -0.2) is 23.3 Å². The number of rotatable bonds is 4. The van der Waals surface area contributed by atoms with E-state index >= 15 is 0 Å². The van der Waals surface area contributed by atoms with E-state index in [4.69, 9.17) is 14.4 Å². The highest BCUT2D eigenvalue weighted by atomic mass is 16.5. The van der Waals surface area contributed by atoms with Crippen molar-refractivity contribution in [1.82, 2.24) is 5.16 Å². The lowest BCUT2D eigenvalue weighted by Gasteiger charge is -2.07. The van der Waals surface area contributed by atoms with E-state index in [-0.39, 0.29) is 5.76 Å². The molecule has 0 radical (unpaired) electrons. The Kier molecular flexibility index (Phi) is 3.32. The van der Waals surface area contributed by atoms with Crippen LogP contribution in [-0.2, 0) is 6.42 Å². The molecule has 0 saturated carbocycles. The van der Waals surface area contributed by atoms with Gasteiger partial charge in [0, 0.05) is 11.6 Å². The van der Waals surface area contributed by atoms with Crippen LogP contribution in [0.15, 0.2) is 28.8 Å². The Morgan fingerprint density at radius 2 is 2.22 bits per heavy atom. The van der Waals surface area contributed by atoms with Crippen LogP contribution in [0.25, 0.3) is 11.3 Å². The summed E-state index contributed by atoms with van der Waals surface area (Å²) >= 11 is 0. The van der Waals surface area contributed by atoms with Gasteiger partial charge in [-0.15, -0.1) is 0 Å². The van der Waals surface area contributed by atoms with Gasteiger partial charge in [0.2, 0.25) is 5.76 Å². The van der Waals surface area contributed by atoms with Crippen LogP contribution in [0.2, 0.25) is 0 Å². The van der Waals surface area contributed by atoms with Gasteiger partial charge in [0.05, 0.1) is 7.11 Å². The van der Waals surface area contributed by atoms with Crippen LogP contribution in [0.5, 0.6) is 5.75 Å². The number of benzene rings is 1. The van der Waals surface area contributed by atoms with Crippen LogP contribution in [0.3, 0.4) is 0 Å². The van der Waals surface area contributed by atoms with Crippen molar-refractivity contribution in [3.8, 4) is 17.0 Å². The third kappa shape index (κ3) is 2.20. The number of aromatic carboxylic acids is 1. The highest BCUT2D eigenvalue weighted by Crippen LogP contribution is 2.30. The topological polar surface area (TPSA) is 72.6 Å². The average Bonchev–Trinajstić information content (AvgIpc) is 2.87. The zero-order chi connectivity index (χ0) is 13.1. The summed E-state index contributed by atoms with van der Waals surface area (Å²) in [5.41, 5.74) is 2.30. The molecule has 0 bridgehead atoms. The van der Waals surface area contributed by atoms with E-state index in [1.54, 1.807) is 7.11 Å². The number of carboxylic acid groups (broad SMARTS) is 1. The number of nitrogens with zero attached hydrogens (tertiary/aromatic N) is 1. The fourth-order valence-corrected chi connectivity index (χ4v) is 1.68. The Balaban J connectivity index is 2.50. The van der Waals surface area contributed by atoms with Crippen molar-refractivity contribution >= 4 is 5.97 Å². The molecule has 5 heteroatoms. The van der Waals surface area contributed by atoms with Gasteiger partial charge in [0.1, 0.15) is 11.4 Å². The van der Waals surface area contributed by atoms with Crippen molar-refractivity contribution in [3.63, 3.8) is 0 Å². The van der Waals surface area contributed by atoms with Crippen LogP contribution in [0, 0.1) is 0 Å². The zero-order valence-corrected chi connectivity index (χ0v) is 10.1. The van der Waals surface area contributed by atoms with Gasteiger partial charge in [-0.3, -0.25) is 0 Å². The lowest BCUT2D eigenvalue weighted by Crippen LogP contribution is -1.92.